The summed E-state index contributed by atoms with van der Waals surface area (Å²) in [4.78, 5) is 11.4. The molecular formula is C23H40O3. The van der Waals surface area contributed by atoms with Crippen molar-refractivity contribution in [2.24, 2.45) is 17.8 Å². The van der Waals surface area contributed by atoms with Gasteiger partial charge in [-0.25, -0.2) is 0 Å². The molecule has 1 aromatic carbocycles. The maximum absolute atomic E-state index is 11.4. The predicted molar refractivity (Wildman–Crippen MR) is 111 cm³/mol. The average Bonchev–Trinajstić information content (AvgIpc) is 2.67. The van der Waals surface area contributed by atoms with Gasteiger partial charge in [-0.15, -0.1) is 0 Å². The highest BCUT2D eigenvalue weighted by molar-refractivity contribution is 5.81. The van der Waals surface area contributed by atoms with E-state index in [1.54, 1.807) is 14.2 Å². The van der Waals surface area contributed by atoms with Crippen molar-refractivity contribution in [1.29, 1.82) is 0 Å². The molecule has 3 unspecified atom stereocenters. The van der Waals surface area contributed by atoms with Crippen LogP contribution in [0.15, 0.2) is 18.2 Å². The molecule has 0 heterocycles. The summed E-state index contributed by atoms with van der Waals surface area (Å²) in [6.07, 6.45) is 5.92. The van der Waals surface area contributed by atoms with Crippen LogP contribution in [0, 0.1) is 24.7 Å². The average molecular weight is 365 g/mol. The molecule has 0 aromatic heterocycles. The molecular weight excluding hydrogens is 324 g/mol. The van der Waals surface area contributed by atoms with E-state index >= 15 is 0 Å². The number of Topliss-reactive ketones (excluding diaryl/α,β-unsaturated/α-hetero) is 1. The summed E-state index contributed by atoms with van der Waals surface area (Å²) in [7, 11) is 3.27. The maximum Gasteiger partial charge on any atom is 0.160 e. The highest BCUT2D eigenvalue weighted by Gasteiger charge is 2.31. The number of methoxy groups -OCH3 is 2. The molecule has 0 N–H and O–H groups in total. The lowest BCUT2D eigenvalue weighted by Crippen LogP contribution is -2.31. The van der Waals surface area contributed by atoms with Crippen molar-refractivity contribution in [3.63, 3.8) is 0 Å². The maximum atomic E-state index is 11.4. The van der Waals surface area contributed by atoms with Crippen LogP contribution < -0.4 is 9.47 Å². The number of rotatable bonds is 5. The molecule has 1 saturated carbocycles. The van der Waals surface area contributed by atoms with Crippen LogP contribution in [0.4, 0.5) is 0 Å². The Morgan fingerprint density at radius 2 is 1.69 bits per heavy atom. The molecule has 1 fully saturated rings. The van der Waals surface area contributed by atoms with Gasteiger partial charge in [0.2, 0.25) is 0 Å². The van der Waals surface area contributed by atoms with Gasteiger partial charge in [0.15, 0.2) is 11.5 Å². The van der Waals surface area contributed by atoms with Crippen LogP contribution in [0.3, 0.4) is 0 Å². The van der Waals surface area contributed by atoms with Crippen molar-refractivity contribution in [3.8, 4) is 11.5 Å². The zero-order chi connectivity index (χ0) is 20.1. The Hall–Kier alpha value is -1.51. The first-order chi connectivity index (χ1) is 12.4. The zero-order valence-corrected chi connectivity index (χ0v) is 18.2. The molecule has 26 heavy (non-hydrogen) atoms. The minimum atomic E-state index is 0.315. The second kappa shape index (κ2) is 13.7. The standard InChI is InChI=1S/C12H22O.C9H12O2.C2H6/c1-4-5-6-11-7-8-12(13)10(3)9(11)2;1-7-4-5-8(10-2)9(6-7)11-3;1-2/h9-11H,4-8H2,1-3H3;4-6H,1-3H3;1-2H3. The van der Waals surface area contributed by atoms with Crippen molar-refractivity contribution < 1.29 is 14.3 Å². The molecule has 150 valence electrons. The Morgan fingerprint density at radius 1 is 1.08 bits per heavy atom. The Labute approximate surface area is 161 Å². The fourth-order valence-corrected chi connectivity index (χ4v) is 3.34. The minimum Gasteiger partial charge on any atom is -0.493 e. The topological polar surface area (TPSA) is 35.5 Å². The number of aryl methyl sites for hydroxylation is 1. The number of ether oxygens (including phenoxy) is 2. The van der Waals surface area contributed by atoms with E-state index in [1.165, 1.54) is 24.8 Å². The summed E-state index contributed by atoms with van der Waals surface area (Å²) in [6.45, 7) is 12.6. The molecule has 0 radical (unpaired) electrons. The number of carbonyl (C=O) groups is 1. The molecule has 0 bridgehead atoms. The number of unbranched alkanes of at least 4 members (excludes halogenated alkanes) is 1. The van der Waals surface area contributed by atoms with Crippen molar-refractivity contribution in [2.75, 3.05) is 14.2 Å². The van der Waals surface area contributed by atoms with E-state index in [-0.39, 0.29) is 0 Å². The summed E-state index contributed by atoms with van der Waals surface area (Å²) < 4.78 is 10.2. The molecule has 1 aromatic rings. The largest absolute Gasteiger partial charge is 0.493 e. The molecule has 1 aliphatic carbocycles. The van der Waals surface area contributed by atoms with Gasteiger partial charge < -0.3 is 9.47 Å². The third-order valence-corrected chi connectivity index (χ3v) is 5.27. The minimum absolute atomic E-state index is 0.315. The molecule has 0 amide bonds. The van der Waals surface area contributed by atoms with Crippen molar-refractivity contribution in [3.05, 3.63) is 23.8 Å². The lowest BCUT2D eigenvalue weighted by Gasteiger charge is -2.33. The van der Waals surface area contributed by atoms with Gasteiger partial charge in [-0.1, -0.05) is 59.9 Å². The lowest BCUT2D eigenvalue weighted by molar-refractivity contribution is -0.127. The second-order valence-corrected chi connectivity index (χ2v) is 6.91. The van der Waals surface area contributed by atoms with E-state index in [4.69, 9.17) is 9.47 Å². The molecule has 0 spiro atoms. The number of ketones is 1. The van der Waals surface area contributed by atoms with Gasteiger partial charge in [-0.2, -0.15) is 0 Å². The monoisotopic (exact) mass is 364 g/mol. The molecule has 2 rings (SSSR count). The van der Waals surface area contributed by atoms with Crippen molar-refractivity contribution >= 4 is 5.78 Å². The normalized spacial score (nSPS) is 21.7. The van der Waals surface area contributed by atoms with Gasteiger partial charge in [-0.3, -0.25) is 4.79 Å². The van der Waals surface area contributed by atoms with Crippen LogP contribution in [-0.2, 0) is 4.79 Å². The first-order valence-electron chi connectivity index (χ1n) is 10.2. The van der Waals surface area contributed by atoms with Crippen LogP contribution in [0.2, 0.25) is 0 Å². The third kappa shape index (κ3) is 7.80. The number of hydrogen-bond donors (Lipinski definition) is 0. The van der Waals surface area contributed by atoms with E-state index in [0.29, 0.717) is 17.6 Å². The van der Waals surface area contributed by atoms with E-state index in [1.807, 2.05) is 39.0 Å². The summed E-state index contributed by atoms with van der Waals surface area (Å²) in [6, 6.07) is 5.83. The van der Waals surface area contributed by atoms with Crippen LogP contribution in [0.5, 0.6) is 11.5 Å². The summed E-state index contributed by atoms with van der Waals surface area (Å²) in [5, 5.41) is 0. The van der Waals surface area contributed by atoms with Gasteiger partial charge in [-0.05, 0) is 42.9 Å². The van der Waals surface area contributed by atoms with Gasteiger partial charge in [0, 0.05) is 12.3 Å². The van der Waals surface area contributed by atoms with Crippen molar-refractivity contribution in [1.82, 2.24) is 0 Å². The molecule has 0 saturated heterocycles. The Kier molecular flexibility index (Phi) is 12.9. The Balaban J connectivity index is 0.000000444. The summed E-state index contributed by atoms with van der Waals surface area (Å²) in [5.41, 5.74) is 1.17. The van der Waals surface area contributed by atoms with Crippen LogP contribution in [0.25, 0.3) is 0 Å². The Bertz CT molecular complexity index is 510. The predicted octanol–water partition coefficient (Wildman–Crippen LogP) is 6.47. The van der Waals surface area contributed by atoms with Crippen LogP contribution in [-0.4, -0.2) is 20.0 Å². The van der Waals surface area contributed by atoms with Crippen LogP contribution in [0.1, 0.15) is 72.3 Å². The third-order valence-electron chi connectivity index (χ3n) is 5.27. The first kappa shape index (κ1) is 24.5. The van der Waals surface area contributed by atoms with Gasteiger partial charge in [0.1, 0.15) is 5.78 Å². The molecule has 0 aliphatic heterocycles. The SMILES string of the molecule is CC.CCCCC1CCC(=O)C(C)C1C.COc1ccc(C)cc1OC. The van der Waals surface area contributed by atoms with Crippen molar-refractivity contribution in [2.45, 2.75) is 73.6 Å². The number of hydrogen-bond acceptors (Lipinski definition) is 3. The van der Waals surface area contributed by atoms with E-state index in [9.17, 15) is 4.79 Å². The lowest BCUT2D eigenvalue weighted by atomic mass is 9.71. The van der Waals surface area contributed by atoms with E-state index < -0.39 is 0 Å². The van der Waals surface area contributed by atoms with Gasteiger partial charge >= 0.3 is 0 Å². The Morgan fingerprint density at radius 3 is 2.23 bits per heavy atom. The first-order valence-corrected chi connectivity index (χ1v) is 10.2. The fourth-order valence-electron chi connectivity index (χ4n) is 3.34. The molecule has 1 aliphatic rings. The highest BCUT2D eigenvalue weighted by atomic mass is 16.5. The molecule has 3 atom stereocenters. The van der Waals surface area contributed by atoms with E-state index in [2.05, 4.69) is 20.8 Å². The highest BCUT2D eigenvalue weighted by Crippen LogP contribution is 2.35. The molecule has 3 nitrogen and oxygen atoms in total. The number of benzene rings is 1. The quantitative estimate of drug-likeness (QED) is 0.601. The zero-order valence-electron chi connectivity index (χ0n) is 18.2. The fraction of sp³-hybridized carbons (Fsp3) is 0.696. The number of carbonyl (C=O) groups excluding carboxylic acids is 1. The van der Waals surface area contributed by atoms with Gasteiger partial charge in [0.05, 0.1) is 14.2 Å². The second-order valence-electron chi connectivity index (χ2n) is 6.91. The summed E-state index contributed by atoms with van der Waals surface area (Å²) in [5.74, 6) is 3.79. The van der Waals surface area contributed by atoms with E-state index in [0.717, 1.165) is 30.3 Å². The smallest absolute Gasteiger partial charge is 0.160 e. The van der Waals surface area contributed by atoms with Crippen LogP contribution >= 0.6 is 0 Å². The van der Waals surface area contributed by atoms with Gasteiger partial charge in [0.25, 0.3) is 0 Å². The summed E-state index contributed by atoms with van der Waals surface area (Å²) >= 11 is 0. The molecule has 3 heteroatoms.